The summed E-state index contributed by atoms with van der Waals surface area (Å²) in [5.74, 6) is 0.278. The molecule has 1 aromatic heterocycles. The average molecular weight is 559 g/mol. The van der Waals surface area contributed by atoms with Gasteiger partial charge in [-0.3, -0.25) is 0 Å². The van der Waals surface area contributed by atoms with Crippen molar-refractivity contribution in [1.29, 1.82) is 0 Å². The SMILES string of the molecule is Cc1cnc(Nc2ccc(C3CCN(C)CC3)c(F)c2)nc1Cc1ccc(Cl)c(CS(=O)(=O)C(C)(C)C)c1. The lowest BCUT2D eigenvalue weighted by Crippen LogP contribution is -2.29. The molecule has 0 aliphatic carbocycles. The fraction of sp³-hybridized carbons (Fsp3) is 0.448. The number of benzene rings is 2. The molecule has 1 N–H and O–H groups in total. The maximum atomic E-state index is 15.0. The molecule has 6 nitrogen and oxygen atoms in total. The third-order valence-electron chi connectivity index (χ3n) is 7.25. The molecule has 0 amide bonds. The second-order valence-electron chi connectivity index (χ2n) is 11.2. The van der Waals surface area contributed by atoms with Crippen LogP contribution in [0.2, 0.25) is 5.02 Å². The van der Waals surface area contributed by atoms with Crippen molar-refractivity contribution >= 4 is 33.1 Å². The second kappa shape index (κ2) is 11.3. The van der Waals surface area contributed by atoms with Crippen molar-refractivity contribution in [3.63, 3.8) is 0 Å². The summed E-state index contributed by atoms with van der Waals surface area (Å²) in [5.41, 5.74) is 4.52. The predicted molar refractivity (Wildman–Crippen MR) is 153 cm³/mol. The molecule has 0 atom stereocenters. The molecule has 0 bridgehead atoms. The Balaban J connectivity index is 1.51. The highest BCUT2D eigenvalue weighted by atomic mass is 35.5. The molecule has 1 fully saturated rings. The molecular weight excluding hydrogens is 523 g/mol. The first-order valence-corrected chi connectivity index (χ1v) is 14.9. The minimum Gasteiger partial charge on any atom is -0.324 e. The summed E-state index contributed by atoms with van der Waals surface area (Å²) in [5, 5.41) is 3.56. The number of rotatable bonds is 7. The van der Waals surface area contributed by atoms with Gasteiger partial charge in [-0.05, 0) is 107 Å². The second-order valence-corrected chi connectivity index (χ2v) is 14.4. The fourth-order valence-corrected chi connectivity index (χ4v) is 5.91. The van der Waals surface area contributed by atoms with Crippen molar-refractivity contribution in [2.24, 2.45) is 0 Å². The molecule has 0 unspecified atom stereocenters. The van der Waals surface area contributed by atoms with E-state index in [4.69, 9.17) is 11.6 Å². The Morgan fingerprint density at radius 3 is 2.50 bits per heavy atom. The lowest BCUT2D eigenvalue weighted by Gasteiger charge is -2.29. The number of halogens is 2. The number of hydrogen-bond acceptors (Lipinski definition) is 6. The first kappa shape index (κ1) is 28.5. The van der Waals surface area contributed by atoms with Crippen LogP contribution in [-0.2, 0) is 22.0 Å². The number of aryl methyl sites for hydroxylation is 1. The van der Waals surface area contributed by atoms with Crippen LogP contribution in [0.3, 0.4) is 0 Å². The molecule has 1 aliphatic heterocycles. The summed E-state index contributed by atoms with van der Waals surface area (Å²) in [4.78, 5) is 11.3. The van der Waals surface area contributed by atoms with Crippen molar-refractivity contribution in [3.8, 4) is 0 Å². The van der Waals surface area contributed by atoms with Crippen molar-refractivity contribution in [2.45, 2.75) is 63.4 Å². The standard InChI is InChI=1S/C29H36ClFN4O2S/c1-19-17-32-28(33-23-7-8-24(26(31)16-23)21-10-12-35(5)13-11-21)34-27(19)15-20-6-9-25(30)22(14-20)18-38(36,37)29(2,3)4/h6-9,14,16-17,21H,10-13,15,18H2,1-5H3,(H,32,33,34). The van der Waals surface area contributed by atoms with Crippen LogP contribution in [0.5, 0.6) is 0 Å². The molecule has 3 aromatic rings. The Kier molecular flexibility index (Phi) is 8.45. The fourth-order valence-electron chi connectivity index (χ4n) is 4.56. The molecule has 2 heterocycles. The number of aromatic nitrogens is 2. The van der Waals surface area contributed by atoms with Crippen LogP contribution < -0.4 is 5.32 Å². The van der Waals surface area contributed by atoms with Gasteiger partial charge in [-0.15, -0.1) is 0 Å². The molecular formula is C29H36ClFN4O2S. The van der Waals surface area contributed by atoms with Crippen LogP contribution in [0.25, 0.3) is 0 Å². The zero-order valence-electron chi connectivity index (χ0n) is 22.7. The van der Waals surface area contributed by atoms with E-state index in [-0.39, 0.29) is 17.5 Å². The zero-order chi connectivity index (χ0) is 27.7. The van der Waals surface area contributed by atoms with E-state index in [2.05, 4.69) is 27.2 Å². The van der Waals surface area contributed by atoms with Gasteiger partial charge < -0.3 is 10.2 Å². The van der Waals surface area contributed by atoms with Crippen LogP contribution >= 0.6 is 11.6 Å². The molecule has 1 saturated heterocycles. The summed E-state index contributed by atoms with van der Waals surface area (Å²) in [6.45, 7) is 8.94. The van der Waals surface area contributed by atoms with E-state index < -0.39 is 14.6 Å². The number of nitrogens with zero attached hydrogens (tertiary/aromatic N) is 3. The Morgan fingerprint density at radius 2 is 1.84 bits per heavy atom. The van der Waals surface area contributed by atoms with Crippen molar-refractivity contribution < 1.29 is 12.8 Å². The highest BCUT2D eigenvalue weighted by molar-refractivity contribution is 7.91. The van der Waals surface area contributed by atoms with Gasteiger partial charge in [0.2, 0.25) is 5.95 Å². The molecule has 38 heavy (non-hydrogen) atoms. The number of sulfone groups is 1. The summed E-state index contributed by atoms with van der Waals surface area (Å²) in [7, 11) is -1.29. The van der Waals surface area contributed by atoms with Crippen molar-refractivity contribution in [3.05, 3.63) is 81.4 Å². The van der Waals surface area contributed by atoms with Gasteiger partial charge in [0.05, 0.1) is 16.2 Å². The smallest absolute Gasteiger partial charge is 0.227 e. The summed E-state index contributed by atoms with van der Waals surface area (Å²) < 4.78 is 39.6. The third kappa shape index (κ3) is 6.71. The van der Waals surface area contributed by atoms with Crippen LogP contribution in [0.1, 0.15) is 67.5 Å². The molecule has 4 rings (SSSR count). The lowest BCUT2D eigenvalue weighted by molar-refractivity contribution is 0.253. The normalized spacial score (nSPS) is 15.6. The maximum Gasteiger partial charge on any atom is 0.227 e. The number of likely N-dealkylation sites (tertiary alicyclic amines) is 1. The Hall–Kier alpha value is -2.55. The number of hydrogen-bond donors (Lipinski definition) is 1. The average Bonchev–Trinajstić information content (AvgIpc) is 2.83. The first-order chi connectivity index (χ1) is 17.8. The van der Waals surface area contributed by atoms with Crippen LogP contribution in [0.15, 0.2) is 42.6 Å². The van der Waals surface area contributed by atoms with E-state index in [0.29, 0.717) is 28.6 Å². The van der Waals surface area contributed by atoms with Gasteiger partial charge in [0.15, 0.2) is 9.84 Å². The van der Waals surface area contributed by atoms with E-state index in [1.165, 1.54) is 6.07 Å². The van der Waals surface area contributed by atoms with Gasteiger partial charge in [-0.2, -0.15) is 0 Å². The first-order valence-electron chi connectivity index (χ1n) is 12.9. The van der Waals surface area contributed by atoms with E-state index in [1.54, 1.807) is 33.0 Å². The Bertz CT molecular complexity index is 1410. The van der Waals surface area contributed by atoms with E-state index in [1.807, 2.05) is 31.2 Å². The maximum absolute atomic E-state index is 15.0. The highest BCUT2D eigenvalue weighted by Gasteiger charge is 2.30. The zero-order valence-corrected chi connectivity index (χ0v) is 24.3. The molecule has 0 radical (unpaired) electrons. The van der Waals surface area contributed by atoms with Gasteiger partial charge in [-0.25, -0.2) is 22.8 Å². The largest absolute Gasteiger partial charge is 0.324 e. The van der Waals surface area contributed by atoms with Gasteiger partial charge in [-0.1, -0.05) is 29.8 Å². The number of piperidine rings is 1. The van der Waals surface area contributed by atoms with Crippen molar-refractivity contribution in [1.82, 2.24) is 14.9 Å². The predicted octanol–water partition coefficient (Wildman–Crippen LogP) is 6.43. The lowest BCUT2D eigenvalue weighted by atomic mass is 9.89. The molecule has 204 valence electrons. The van der Waals surface area contributed by atoms with E-state index in [9.17, 15) is 12.8 Å². The summed E-state index contributed by atoms with van der Waals surface area (Å²) in [6, 6.07) is 10.7. The molecule has 0 saturated carbocycles. The topological polar surface area (TPSA) is 75.2 Å². The quantitative estimate of drug-likeness (QED) is 0.360. The van der Waals surface area contributed by atoms with E-state index >= 15 is 0 Å². The number of nitrogens with one attached hydrogen (secondary N) is 1. The van der Waals surface area contributed by atoms with Crippen molar-refractivity contribution in [2.75, 3.05) is 25.5 Å². The molecule has 1 aliphatic rings. The number of anilines is 2. The van der Waals surface area contributed by atoms with Gasteiger partial charge >= 0.3 is 0 Å². The molecule has 0 spiro atoms. The van der Waals surface area contributed by atoms with Crippen LogP contribution in [0.4, 0.5) is 16.0 Å². The summed E-state index contributed by atoms with van der Waals surface area (Å²) in [6.07, 6.45) is 4.12. The van der Waals surface area contributed by atoms with Crippen LogP contribution in [0, 0.1) is 12.7 Å². The van der Waals surface area contributed by atoms with Gasteiger partial charge in [0, 0.05) is 23.3 Å². The van der Waals surface area contributed by atoms with Gasteiger partial charge in [0.25, 0.3) is 0 Å². The minimum absolute atomic E-state index is 0.127. The summed E-state index contributed by atoms with van der Waals surface area (Å²) >= 11 is 6.35. The monoisotopic (exact) mass is 558 g/mol. The minimum atomic E-state index is -3.38. The van der Waals surface area contributed by atoms with Gasteiger partial charge in [0.1, 0.15) is 5.82 Å². The molecule has 9 heteroatoms. The van der Waals surface area contributed by atoms with E-state index in [0.717, 1.165) is 48.3 Å². The Morgan fingerprint density at radius 1 is 1.13 bits per heavy atom. The highest BCUT2D eigenvalue weighted by Crippen LogP contribution is 2.31. The van der Waals surface area contributed by atoms with Crippen LogP contribution in [-0.4, -0.2) is 48.2 Å². The Labute approximate surface area is 230 Å². The third-order valence-corrected chi connectivity index (χ3v) is 10.2. The molecule has 2 aromatic carbocycles.